The first-order chi connectivity index (χ1) is 9.13. The number of hydrogen-bond acceptors (Lipinski definition) is 4. The van der Waals surface area contributed by atoms with Gasteiger partial charge in [-0.15, -0.1) is 0 Å². The quantitative estimate of drug-likeness (QED) is 0.856. The molecule has 0 atom stereocenters. The summed E-state index contributed by atoms with van der Waals surface area (Å²) in [5.41, 5.74) is 2.31. The summed E-state index contributed by atoms with van der Waals surface area (Å²) in [7, 11) is 0. The Balaban J connectivity index is 1.67. The van der Waals surface area contributed by atoms with Crippen molar-refractivity contribution in [2.45, 2.75) is 39.2 Å². The van der Waals surface area contributed by atoms with E-state index in [1.165, 1.54) is 0 Å². The maximum absolute atomic E-state index is 5.72. The summed E-state index contributed by atoms with van der Waals surface area (Å²) in [5, 5.41) is 3.93. The third kappa shape index (κ3) is 2.81. The van der Waals surface area contributed by atoms with Crippen LogP contribution in [0.25, 0.3) is 0 Å². The molecular weight excluding hydrogens is 308 g/mol. The van der Waals surface area contributed by atoms with E-state index in [1.807, 2.05) is 26.0 Å². The Kier molecular flexibility index (Phi) is 3.31. The van der Waals surface area contributed by atoms with Crippen molar-refractivity contribution < 1.29 is 9.26 Å². The average Bonchev–Trinajstić information content (AvgIpc) is 3.13. The molecule has 0 N–H and O–H groups in total. The van der Waals surface area contributed by atoms with E-state index in [0.717, 1.165) is 40.1 Å². The Hall–Kier alpha value is -1.36. The number of halogens is 1. The minimum absolute atomic E-state index is 0.344. The van der Waals surface area contributed by atoms with Gasteiger partial charge in [0.1, 0.15) is 5.75 Å². The number of ether oxygens (including phenoxy) is 1. The lowest BCUT2D eigenvalue weighted by molar-refractivity contribution is 0.285. The topological polar surface area (TPSA) is 48.2 Å². The highest BCUT2D eigenvalue weighted by atomic mass is 79.9. The minimum Gasteiger partial charge on any atom is -0.485 e. The van der Waals surface area contributed by atoms with Crippen LogP contribution in [0.5, 0.6) is 5.75 Å². The second-order valence-electron chi connectivity index (χ2n) is 4.98. The molecule has 1 aromatic heterocycles. The van der Waals surface area contributed by atoms with Gasteiger partial charge >= 0.3 is 0 Å². The van der Waals surface area contributed by atoms with Gasteiger partial charge in [0.05, 0.1) is 0 Å². The fourth-order valence-corrected chi connectivity index (χ4v) is 2.19. The molecule has 0 amide bonds. The summed E-state index contributed by atoms with van der Waals surface area (Å²) in [6, 6.07) is 4.00. The van der Waals surface area contributed by atoms with Crippen LogP contribution >= 0.6 is 15.9 Å². The van der Waals surface area contributed by atoms with Crippen LogP contribution in [0.2, 0.25) is 0 Å². The highest BCUT2D eigenvalue weighted by Crippen LogP contribution is 2.38. The zero-order valence-electron chi connectivity index (χ0n) is 10.9. The SMILES string of the molecule is Cc1cc(OCc2noc(C3CC3)n2)cc(C)c1Br. The van der Waals surface area contributed by atoms with Crippen molar-refractivity contribution in [2.24, 2.45) is 0 Å². The van der Waals surface area contributed by atoms with Gasteiger partial charge in [0.2, 0.25) is 11.7 Å². The second-order valence-corrected chi connectivity index (χ2v) is 5.78. The van der Waals surface area contributed by atoms with Crippen molar-refractivity contribution in [3.63, 3.8) is 0 Å². The fraction of sp³-hybridized carbons (Fsp3) is 0.429. The molecule has 19 heavy (non-hydrogen) atoms. The van der Waals surface area contributed by atoms with Crippen LogP contribution < -0.4 is 4.74 Å². The predicted octanol–water partition coefficient (Wildman–Crippen LogP) is 3.91. The molecule has 100 valence electrons. The molecule has 1 aliphatic carbocycles. The summed E-state index contributed by atoms with van der Waals surface area (Å²) in [5.74, 6) is 2.68. The van der Waals surface area contributed by atoms with Crippen LogP contribution in [-0.4, -0.2) is 10.1 Å². The smallest absolute Gasteiger partial charge is 0.229 e. The monoisotopic (exact) mass is 322 g/mol. The van der Waals surface area contributed by atoms with Crippen molar-refractivity contribution >= 4 is 15.9 Å². The number of nitrogens with zero attached hydrogens (tertiary/aromatic N) is 2. The van der Waals surface area contributed by atoms with Gasteiger partial charge in [0.25, 0.3) is 0 Å². The number of aromatic nitrogens is 2. The van der Waals surface area contributed by atoms with Gasteiger partial charge in [-0.1, -0.05) is 21.1 Å². The Bertz CT molecular complexity index is 582. The lowest BCUT2D eigenvalue weighted by atomic mass is 10.1. The minimum atomic E-state index is 0.344. The highest BCUT2D eigenvalue weighted by Gasteiger charge is 2.29. The summed E-state index contributed by atoms with van der Waals surface area (Å²) < 4.78 is 12.0. The molecule has 0 bridgehead atoms. The van der Waals surface area contributed by atoms with Gasteiger partial charge in [-0.25, -0.2) is 0 Å². The Labute approximate surface area is 120 Å². The maximum atomic E-state index is 5.72. The first-order valence-electron chi connectivity index (χ1n) is 6.35. The molecule has 0 saturated heterocycles. The molecule has 0 aliphatic heterocycles. The summed E-state index contributed by atoms with van der Waals surface area (Å²) in [4.78, 5) is 4.34. The van der Waals surface area contributed by atoms with Crippen molar-refractivity contribution in [2.75, 3.05) is 0 Å². The van der Waals surface area contributed by atoms with Crippen LogP contribution in [-0.2, 0) is 6.61 Å². The van der Waals surface area contributed by atoms with Crippen molar-refractivity contribution in [3.05, 3.63) is 39.4 Å². The van der Waals surface area contributed by atoms with E-state index in [2.05, 4.69) is 26.1 Å². The first kappa shape index (κ1) is 12.7. The molecule has 1 fully saturated rings. The third-order valence-corrected chi connectivity index (χ3v) is 4.44. The van der Waals surface area contributed by atoms with E-state index in [0.29, 0.717) is 18.3 Å². The summed E-state index contributed by atoms with van der Waals surface area (Å²) in [6.45, 7) is 4.43. The summed E-state index contributed by atoms with van der Waals surface area (Å²) in [6.07, 6.45) is 2.32. The van der Waals surface area contributed by atoms with Crippen LogP contribution in [0.1, 0.15) is 41.6 Å². The van der Waals surface area contributed by atoms with E-state index >= 15 is 0 Å². The lowest BCUT2D eigenvalue weighted by Crippen LogP contribution is -1.98. The highest BCUT2D eigenvalue weighted by molar-refractivity contribution is 9.10. The molecule has 0 radical (unpaired) electrons. The van der Waals surface area contributed by atoms with E-state index in [-0.39, 0.29) is 0 Å². The van der Waals surface area contributed by atoms with Crippen LogP contribution in [0.3, 0.4) is 0 Å². The van der Waals surface area contributed by atoms with E-state index in [9.17, 15) is 0 Å². The second kappa shape index (κ2) is 4.96. The molecular formula is C14H15BrN2O2. The van der Waals surface area contributed by atoms with Gasteiger partial charge in [-0.3, -0.25) is 0 Å². The zero-order chi connectivity index (χ0) is 13.4. The van der Waals surface area contributed by atoms with Crippen LogP contribution in [0.4, 0.5) is 0 Å². The zero-order valence-corrected chi connectivity index (χ0v) is 12.5. The molecule has 0 spiro atoms. The number of benzene rings is 1. The predicted molar refractivity (Wildman–Crippen MR) is 74.2 cm³/mol. The van der Waals surface area contributed by atoms with E-state index in [1.54, 1.807) is 0 Å². The molecule has 1 aromatic carbocycles. The first-order valence-corrected chi connectivity index (χ1v) is 7.15. The van der Waals surface area contributed by atoms with Gasteiger partial charge in [-0.05, 0) is 49.9 Å². The summed E-state index contributed by atoms with van der Waals surface area (Å²) >= 11 is 3.54. The maximum Gasteiger partial charge on any atom is 0.229 e. The normalized spacial score (nSPS) is 14.7. The molecule has 1 heterocycles. The van der Waals surface area contributed by atoms with Crippen molar-refractivity contribution in [1.82, 2.24) is 10.1 Å². The molecule has 1 aliphatic rings. The molecule has 4 nitrogen and oxygen atoms in total. The van der Waals surface area contributed by atoms with E-state index < -0.39 is 0 Å². The largest absolute Gasteiger partial charge is 0.485 e. The Morgan fingerprint density at radius 2 is 2.00 bits per heavy atom. The number of rotatable bonds is 4. The van der Waals surface area contributed by atoms with Gasteiger partial charge in [-0.2, -0.15) is 4.98 Å². The number of hydrogen-bond donors (Lipinski definition) is 0. The molecule has 2 aromatic rings. The van der Waals surface area contributed by atoms with Crippen LogP contribution in [0, 0.1) is 13.8 Å². The molecule has 3 rings (SSSR count). The standard InChI is InChI=1S/C14H15BrN2O2/c1-8-5-11(6-9(2)13(8)15)18-7-12-16-14(19-17-12)10-3-4-10/h5-6,10H,3-4,7H2,1-2H3. The van der Waals surface area contributed by atoms with Gasteiger partial charge in [0, 0.05) is 10.4 Å². The van der Waals surface area contributed by atoms with Crippen LogP contribution in [0.15, 0.2) is 21.1 Å². The van der Waals surface area contributed by atoms with E-state index in [4.69, 9.17) is 9.26 Å². The number of aryl methyl sites for hydroxylation is 2. The Morgan fingerprint density at radius 1 is 1.32 bits per heavy atom. The fourth-order valence-electron chi connectivity index (χ4n) is 1.96. The average molecular weight is 323 g/mol. The molecule has 5 heteroatoms. The molecule has 0 unspecified atom stereocenters. The Morgan fingerprint density at radius 3 is 2.63 bits per heavy atom. The van der Waals surface area contributed by atoms with Gasteiger partial charge < -0.3 is 9.26 Å². The lowest BCUT2D eigenvalue weighted by Gasteiger charge is -2.08. The van der Waals surface area contributed by atoms with Crippen molar-refractivity contribution in [1.29, 1.82) is 0 Å². The van der Waals surface area contributed by atoms with Gasteiger partial charge in [0.15, 0.2) is 6.61 Å². The van der Waals surface area contributed by atoms with Crippen molar-refractivity contribution in [3.8, 4) is 5.75 Å². The third-order valence-electron chi connectivity index (χ3n) is 3.19. The molecule has 1 saturated carbocycles.